The number of rotatable bonds is 1. The maximum atomic E-state index is 4.27. The summed E-state index contributed by atoms with van der Waals surface area (Å²) in [7, 11) is 0. The first-order valence-electron chi connectivity index (χ1n) is 4.71. The van der Waals surface area contributed by atoms with Gasteiger partial charge < -0.3 is 0 Å². The van der Waals surface area contributed by atoms with E-state index < -0.39 is 0 Å². The molecule has 3 nitrogen and oxygen atoms in total. The number of fused-ring (bicyclic) bond motifs is 1. The van der Waals surface area contributed by atoms with E-state index >= 15 is 0 Å². The molecule has 3 heteroatoms. The summed E-state index contributed by atoms with van der Waals surface area (Å²) < 4.78 is 0. The van der Waals surface area contributed by atoms with E-state index in [1.165, 1.54) is 0 Å². The van der Waals surface area contributed by atoms with Gasteiger partial charge in [0.05, 0.1) is 11.7 Å². The molecule has 0 amide bonds. The normalized spacial score (nSPS) is 10.7. The summed E-state index contributed by atoms with van der Waals surface area (Å²) >= 11 is 0. The molecule has 71 valence electrons. The molecular formula is C12H8N3. The Morgan fingerprint density at radius 1 is 1.07 bits per heavy atom. The summed E-state index contributed by atoms with van der Waals surface area (Å²) in [6.45, 7) is 0. The number of aromatic nitrogens is 3. The van der Waals surface area contributed by atoms with E-state index in [0.717, 1.165) is 22.2 Å². The topological polar surface area (TPSA) is 41.6 Å². The lowest BCUT2D eigenvalue weighted by Gasteiger charge is -1.94. The Kier molecular flexibility index (Phi) is 1.75. The van der Waals surface area contributed by atoms with Gasteiger partial charge in [-0.1, -0.05) is 18.2 Å². The zero-order chi connectivity index (χ0) is 10.1. The second-order valence-electron chi connectivity index (χ2n) is 3.28. The lowest BCUT2D eigenvalue weighted by Crippen LogP contribution is -1.80. The fourth-order valence-corrected chi connectivity index (χ4v) is 1.63. The molecule has 2 aromatic heterocycles. The van der Waals surface area contributed by atoms with Crippen LogP contribution in [0.25, 0.3) is 22.2 Å². The molecule has 15 heavy (non-hydrogen) atoms. The van der Waals surface area contributed by atoms with Crippen molar-refractivity contribution in [1.82, 2.24) is 15.2 Å². The van der Waals surface area contributed by atoms with Gasteiger partial charge in [-0.05, 0) is 18.2 Å². The van der Waals surface area contributed by atoms with Crippen molar-refractivity contribution in [3.8, 4) is 11.3 Å². The summed E-state index contributed by atoms with van der Waals surface area (Å²) in [5.74, 6) is 0. The number of para-hydroxylation sites is 1. The molecule has 3 rings (SSSR count). The molecule has 0 aliphatic heterocycles. The summed E-state index contributed by atoms with van der Waals surface area (Å²) in [6.07, 6.45) is 4.64. The maximum absolute atomic E-state index is 4.27. The van der Waals surface area contributed by atoms with Crippen LogP contribution < -0.4 is 0 Å². The number of nitrogens with zero attached hydrogens (tertiary/aromatic N) is 2. The highest BCUT2D eigenvalue weighted by atomic mass is 15.1. The van der Waals surface area contributed by atoms with Gasteiger partial charge in [0.25, 0.3) is 0 Å². The van der Waals surface area contributed by atoms with Crippen LogP contribution in [0.5, 0.6) is 0 Å². The van der Waals surface area contributed by atoms with Gasteiger partial charge in [-0.15, -0.1) is 0 Å². The third-order valence-electron chi connectivity index (χ3n) is 2.33. The van der Waals surface area contributed by atoms with Gasteiger partial charge in [-0.2, -0.15) is 5.10 Å². The van der Waals surface area contributed by atoms with Crippen molar-refractivity contribution < 1.29 is 0 Å². The third kappa shape index (κ3) is 1.29. The Labute approximate surface area is 86.8 Å². The summed E-state index contributed by atoms with van der Waals surface area (Å²) in [6, 6.07) is 11.9. The van der Waals surface area contributed by atoms with Gasteiger partial charge in [0.15, 0.2) is 0 Å². The Morgan fingerprint density at radius 2 is 2.00 bits per heavy atom. The standard InChI is InChI=1S/C12H8N3/c1-2-6-11-10(5-1)12(15-14-11)9-4-3-7-13-8-9/h1-7H,(H,14,15). The minimum Gasteiger partial charge on any atom is -0.277 e. The van der Waals surface area contributed by atoms with Crippen LogP contribution in [0.3, 0.4) is 0 Å². The van der Waals surface area contributed by atoms with E-state index in [2.05, 4.69) is 21.4 Å². The number of H-pyrrole nitrogens is 1. The minimum atomic E-state index is 0.902. The molecule has 1 aromatic carbocycles. The lowest BCUT2D eigenvalue weighted by molar-refractivity contribution is 1.12. The van der Waals surface area contributed by atoms with E-state index in [1.807, 2.05) is 36.4 Å². The molecule has 0 aliphatic carbocycles. The molecule has 0 fully saturated rings. The quantitative estimate of drug-likeness (QED) is 0.646. The van der Waals surface area contributed by atoms with Crippen molar-refractivity contribution in [2.45, 2.75) is 0 Å². The third-order valence-corrected chi connectivity index (χ3v) is 2.33. The van der Waals surface area contributed by atoms with Gasteiger partial charge in [0, 0.05) is 17.1 Å². The van der Waals surface area contributed by atoms with Gasteiger partial charge in [0.1, 0.15) is 5.69 Å². The van der Waals surface area contributed by atoms with Crippen LogP contribution in [-0.4, -0.2) is 15.2 Å². The van der Waals surface area contributed by atoms with Crippen LogP contribution in [-0.2, 0) is 0 Å². The van der Waals surface area contributed by atoms with E-state index in [0.29, 0.717) is 0 Å². The highest BCUT2D eigenvalue weighted by Gasteiger charge is 2.06. The van der Waals surface area contributed by atoms with Crippen LogP contribution >= 0.6 is 0 Å². The molecular weight excluding hydrogens is 186 g/mol. The van der Waals surface area contributed by atoms with Crippen molar-refractivity contribution in [2.75, 3.05) is 0 Å². The molecule has 0 aliphatic rings. The highest BCUT2D eigenvalue weighted by molar-refractivity contribution is 5.92. The Morgan fingerprint density at radius 3 is 2.87 bits per heavy atom. The van der Waals surface area contributed by atoms with E-state index in [1.54, 1.807) is 6.20 Å². The minimum absolute atomic E-state index is 0.902. The molecule has 0 unspecified atom stereocenters. The lowest BCUT2D eigenvalue weighted by atomic mass is 10.1. The smallest absolute Gasteiger partial charge is 0.102 e. The molecule has 0 spiro atoms. The first kappa shape index (κ1) is 8.17. The Balaban J connectivity index is 2.28. The van der Waals surface area contributed by atoms with Crippen LogP contribution in [0.2, 0.25) is 0 Å². The number of benzene rings is 1. The fraction of sp³-hybridized carbons (Fsp3) is 0. The Bertz CT molecular complexity index is 584. The van der Waals surface area contributed by atoms with Crippen molar-refractivity contribution >= 4 is 10.9 Å². The first-order chi connectivity index (χ1) is 7.45. The zero-order valence-electron chi connectivity index (χ0n) is 7.94. The SMILES string of the molecule is [c]1ncccc1-c1n[nH]c2ccccc12. The van der Waals surface area contributed by atoms with Crippen molar-refractivity contribution in [3.05, 3.63) is 48.8 Å². The molecule has 0 atom stereocenters. The summed E-state index contributed by atoms with van der Waals surface area (Å²) in [4.78, 5) is 3.97. The predicted molar refractivity (Wildman–Crippen MR) is 58.2 cm³/mol. The number of pyridine rings is 1. The molecule has 1 radical (unpaired) electrons. The van der Waals surface area contributed by atoms with Gasteiger partial charge in [0.2, 0.25) is 0 Å². The predicted octanol–water partition coefficient (Wildman–Crippen LogP) is 2.43. The second-order valence-corrected chi connectivity index (χ2v) is 3.28. The molecule has 2 heterocycles. The molecule has 3 aromatic rings. The fourth-order valence-electron chi connectivity index (χ4n) is 1.63. The molecule has 0 bridgehead atoms. The number of aromatic amines is 1. The number of hydrogen-bond acceptors (Lipinski definition) is 2. The summed E-state index contributed by atoms with van der Waals surface area (Å²) in [5.41, 5.74) is 2.85. The Hall–Kier alpha value is -2.16. The van der Waals surface area contributed by atoms with Gasteiger partial charge in [-0.25, -0.2) is 0 Å². The zero-order valence-corrected chi connectivity index (χ0v) is 7.94. The highest BCUT2D eigenvalue weighted by Crippen LogP contribution is 2.24. The van der Waals surface area contributed by atoms with Crippen LogP contribution in [0.15, 0.2) is 42.6 Å². The number of nitrogens with one attached hydrogen (secondary N) is 1. The second kappa shape index (κ2) is 3.20. The van der Waals surface area contributed by atoms with E-state index in [9.17, 15) is 0 Å². The number of hydrogen-bond donors (Lipinski definition) is 1. The van der Waals surface area contributed by atoms with E-state index in [4.69, 9.17) is 0 Å². The molecule has 0 saturated heterocycles. The van der Waals surface area contributed by atoms with Gasteiger partial charge >= 0.3 is 0 Å². The van der Waals surface area contributed by atoms with E-state index in [-0.39, 0.29) is 0 Å². The average Bonchev–Trinajstić information content (AvgIpc) is 2.74. The van der Waals surface area contributed by atoms with Crippen molar-refractivity contribution in [3.63, 3.8) is 0 Å². The van der Waals surface area contributed by atoms with Crippen molar-refractivity contribution in [2.24, 2.45) is 0 Å². The van der Waals surface area contributed by atoms with Crippen LogP contribution in [0.4, 0.5) is 0 Å². The largest absolute Gasteiger partial charge is 0.277 e. The maximum Gasteiger partial charge on any atom is 0.102 e. The monoisotopic (exact) mass is 194 g/mol. The van der Waals surface area contributed by atoms with Crippen molar-refractivity contribution in [1.29, 1.82) is 0 Å². The van der Waals surface area contributed by atoms with Crippen LogP contribution in [0, 0.1) is 6.20 Å². The van der Waals surface area contributed by atoms with Crippen LogP contribution in [0.1, 0.15) is 0 Å². The average molecular weight is 194 g/mol. The van der Waals surface area contributed by atoms with Gasteiger partial charge in [-0.3, -0.25) is 10.1 Å². The molecule has 0 saturated carbocycles. The molecule has 1 N–H and O–H groups in total. The summed E-state index contributed by atoms with van der Waals surface area (Å²) in [5, 5.41) is 8.36. The first-order valence-corrected chi connectivity index (χ1v) is 4.71.